The summed E-state index contributed by atoms with van der Waals surface area (Å²) in [5.74, 6) is -0.294. The molecule has 0 unspecified atom stereocenters. The van der Waals surface area contributed by atoms with Gasteiger partial charge in [0, 0.05) is 53.1 Å². The summed E-state index contributed by atoms with van der Waals surface area (Å²) >= 11 is 6.48. The first-order valence-corrected chi connectivity index (χ1v) is 12.4. The Bertz CT molecular complexity index is 1100. The van der Waals surface area contributed by atoms with Crippen molar-refractivity contribution in [1.82, 2.24) is 14.9 Å². The Balaban J connectivity index is 1.83. The molecule has 0 radical (unpaired) electrons. The fraction of sp³-hybridized carbons (Fsp3) is 0.538. The number of anilines is 1. The number of nitrogens with one attached hydrogen (secondary N) is 1. The van der Waals surface area contributed by atoms with Gasteiger partial charge in [0.25, 0.3) is 5.91 Å². The summed E-state index contributed by atoms with van der Waals surface area (Å²) in [5.41, 5.74) is 3.36. The highest BCUT2D eigenvalue weighted by Gasteiger charge is 2.28. The molecule has 1 aromatic heterocycles. The fourth-order valence-corrected chi connectivity index (χ4v) is 5.31. The fourth-order valence-electron chi connectivity index (χ4n) is 5.10. The number of aryl methyl sites for hydroxylation is 1. The standard InChI is InChI=1S/C26H37ClN4O3/c1-7-30(21-10-8-20(9-11-21)29(5)6)24-14-19(27)13-22(17(24)3)26(33)28-15-23-18(4)31(34)16(2)12-25(23)32/h12-14,20-21,34H,7-11,15H2,1-6H3,(H,28,33)/t20-,21-. The van der Waals surface area contributed by atoms with Crippen molar-refractivity contribution < 1.29 is 10.0 Å². The van der Waals surface area contributed by atoms with Crippen LogP contribution in [0.2, 0.25) is 5.02 Å². The number of amides is 1. The molecule has 1 saturated carbocycles. The van der Waals surface area contributed by atoms with Gasteiger partial charge in [0.05, 0.1) is 11.4 Å². The normalized spacial score (nSPS) is 18.2. The quantitative estimate of drug-likeness (QED) is 0.568. The minimum atomic E-state index is -0.294. The van der Waals surface area contributed by atoms with Crippen molar-refractivity contribution in [2.75, 3.05) is 25.5 Å². The molecule has 34 heavy (non-hydrogen) atoms. The van der Waals surface area contributed by atoms with Crippen LogP contribution < -0.4 is 15.6 Å². The molecule has 0 saturated heterocycles. The van der Waals surface area contributed by atoms with Crippen molar-refractivity contribution in [2.45, 2.75) is 72.0 Å². The van der Waals surface area contributed by atoms with Gasteiger partial charge in [0.15, 0.2) is 5.43 Å². The van der Waals surface area contributed by atoms with E-state index in [1.807, 2.05) is 13.0 Å². The van der Waals surface area contributed by atoms with Crippen LogP contribution in [0.4, 0.5) is 5.69 Å². The number of hydrogen-bond donors (Lipinski definition) is 2. The molecule has 1 heterocycles. The summed E-state index contributed by atoms with van der Waals surface area (Å²) in [7, 11) is 4.28. The van der Waals surface area contributed by atoms with E-state index in [1.54, 1.807) is 19.9 Å². The van der Waals surface area contributed by atoms with Gasteiger partial charge >= 0.3 is 0 Å². The lowest BCUT2D eigenvalue weighted by atomic mass is 9.89. The maximum absolute atomic E-state index is 13.2. The molecule has 0 spiro atoms. The predicted octanol–water partition coefficient (Wildman–Crippen LogP) is 4.29. The van der Waals surface area contributed by atoms with Gasteiger partial charge < -0.3 is 20.3 Å². The molecule has 3 rings (SSSR count). The summed E-state index contributed by atoms with van der Waals surface area (Å²) in [4.78, 5) is 30.2. The second-order valence-corrected chi connectivity index (χ2v) is 9.95. The van der Waals surface area contributed by atoms with Crippen molar-refractivity contribution in [3.05, 3.63) is 61.5 Å². The van der Waals surface area contributed by atoms with Crippen LogP contribution in [0.25, 0.3) is 0 Å². The van der Waals surface area contributed by atoms with Gasteiger partial charge in [0.2, 0.25) is 0 Å². The van der Waals surface area contributed by atoms with Gasteiger partial charge in [-0.15, -0.1) is 0 Å². The zero-order valence-electron chi connectivity index (χ0n) is 21.1. The van der Waals surface area contributed by atoms with E-state index >= 15 is 0 Å². The number of benzene rings is 1. The van der Waals surface area contributed by atoms with Crippen LogP contribution in [0.1, 0.15) is 65.5 Å². The summed E-state index contributed by atoms with van der Waals surface area (Å²) < 4.78 is 0.968. The molecule has 0 aliphatic heterocycles. The predicted molar refractivity (Wildman–Crippen MR) is 137 cm³/mol. The monoisotopic (exact) mass is 488 g/mol. The molecule has 2 aromatic rings. The molecule has 0 bridgehead atoms. The number of carbonyl (C=O) groups is 1. The Morgan fingerprint density at radius 2 is 1.74 bits per heavy atom. The lowest BCUT2D eigenvalue weighted by Crippen LogP contribution is -2.42. The number of hydrogen-bond acceptors (Lipinski definition) is 5. The minimum absolute atomic E-state index is 0.0255. The molecule has 0 atom stereocenters. The molecular formula is C26H37ClN4O3. The molecule has 1 fully saturated rings. The molecular weight excluding hydrogens is 452 g/mol. The first-order chi connectivity index (χ1) is 16.0. The highest BCUT2D eigenvalue weighted by atomic mass is 35.5. The third kappa shape index (κ3) is 5.41. The Kier molecular flexibility index (Phi) is 8.31. The van der Waals surface area contributed by atoms with Crippen LogP contribution in [0.3, 0.4) is 0 Å². The van der Waals surface area contributed by atoms with E-state index in [9.17, 15) is 14.8 Å². The first kappa shape index (κ1) is 26.1. The van der Waals surface area contributed by atoms with Crippen LogP contribution in [0.5, 0.6) is 0 Å². The molecule has 2 N–H and O–H groups in total. The number of nitrogens with zero attached hydrogens (tertiary/aromatic N) is 3. The van der Waals surface area contributed by atoms with Crippen LogP contribution in [0, 0.1) is 20.8 Å². The number of rotatable bonds is 7. The Labute approximate surface area is 207 Å². The van der Waals surface area contributed by atoms with Crippen molar-refractivity contribution in [3.8, 4) is 0 Å². The van der Waals surface area contributed by atoms with Crippen molar-refractivity contribution >= 4 is 23.2 Å². The lowest BCUT2D eigenvalue weighted by molar-refractivity contribution is 0.0949. The van der Waals surface area contributed by atoms with E-state index in [2.05, 4.69) is 36.1 Å². The lowest BCUT2D eigenvalue weighted by Gasteiger charge is -2.40. The summed E-state index contributed by atoms with van der Waals surface area (Å²) in [6.45, 7) is 8.25. The highest BCUT2D eigenvalue weighted by Crippen LogP contribution is 2.34. The van der Waals surface area contributed by atoms with Crippen molar-refractivity contribution in [1.29, 1.82) is 0 Å². The number of carbonyl (C=O) groups excluding carboxylic acids is 1. The summed E-state index contributed by atoms with van der Waals surface area (Å²) in [6.07, 6.45) is 4.51. The van der Waals surface area contributed by atoms with E-state index in [4.69, 9.17) is 11.6 Å². The molecule has 1 aliphatic carbocycles. The third-order valence-electron chi connectivity index (χ3n) is 7.23. The Morgan fingerprint density at radius 1 is 1.12 bits per heavy atom. The third-order valence-corrected chi connectivity index (χ3v) is 7.45. The van der Waals surface area contributed by atoms with Crippen LogP contribution >= 0.6 is 11.6 Å². The van der Waals surface area contributed by atoms with E-state index < -0.39 is 0 Å². The molecule has 8 heteroatoms. The summed E-state index contributed by atoms with van der Waals surface area (Å²) in [6, 6.07) is 6.02. The van der Waals surface area contributed by atoms with Gasteiger partial charge in [-0.25, -0.2) is 0 Å². The van der Waals surface area contributed by atoms with Gasteiger partial charge in [-0.3, -0.25) is 9.59 Å². The van der Waals surface area contributed by atoms with Crippen molar-refractivity contribution in [2.24, 2.45) is 0 Å². The maximum Gasteiger partial charge on any atom is 0.251 e. The zero-order valence-corrected chi connectivity index (χ0v) is 21.9. The maximum atomic E-state index is 13.2. The van der Waals surface area contributed by atoms with Gasteiger partial charge in [-0.1, -0.05) is 11.6 Å². The Morgan fingerprint density at radius 3 is 2.32 bits per heavy atom. The number of aromatic nitrogens is 1. The Hall–Kier alpha value is -2.51. The largest absolute Gasteiger partial charge is 0.428 e. The van der Waals surface area contributed by atoms with E-state index in [0.29, 0.717) is 39.6 Å². The van der Waals surface area contributed by atoms with Gasteiger partial charge in [-0.2, -0.15) is 4.73 Å². The van der Waals surface area contributed by atoms with E-state index in [-0.39, 0.29) is 17.9 Å². The average molecular weight is 489 g/mol. The molecule has 1 amide bonds. The SMILES string of the molecule is CCN(c1cc(Cl)cc(C(=O)NCc2c(C)n(O)c(C)cc2=O)c1C)[C@H]1CC[C@H](N(C)C)CC1. The smallest absolute Gasteiger partial charge is 0.251 e. The highest BCUT2D eigenvalue weighted by molar-refractivity contribution is 6.31. The second kappa shape index (κ2) is 10.8. The van der Waals surface area contributed by atoms with E-state index in [1.165, 1.54) is 6.07 Å². The van der Waals surface area contributed by atoms with Crippen molar-refractivity contribution in [3.63, 3.8) is 0 Å². The van der Waals surface area contributed by atoms with Crippen LogP contribution in [-0.4, -0.2) is 53.5 Å². The first-order valence-electron chi connectivity index (χ1n) is 12.0. The van der Waals surface area contributed by atoms with E-state index in [0.717, 1.165) is 48.2 Å². The zero-order chi connectivity index (χ0) is 25.2. The molecule has 7 nitrogen and oxygen atoms in total. The number of halogens is 1. The topological polar surface area (TPSA) is 77.8 Å². The minimum Gasteiger partial charge on any atom is -0.428 e. The second-order valence-electron chi connectivity index (χ2n) is 9.52. The average Bonchev–Trinajstić information content (AvgIpc) is 2.80. The molecule has 186 valence electrons. The summed E-state index contributed by atoms with van der Waals surface area (Å²) in [5, 5.41) is 13.5. The molecule has 1 aliphatic rings. The van der Waals surface area contributed by atoms with Gasteiger partial charge in [-0.05, 0) is 85.2 Å². The van der Waals surface area contributed by atoms with Crippen LogP contribution in [-0.2, 0) is 6.54 Å². The number of pyridine rings is 1. The van der Waals surface area contributed by atoms with Crippen LogP contribution in [0.15, 0.2) is 23.0 Å². The van der Waals surface area contributed by atoms with Gasteiger partial charge in [0.1, 0.15) is 0 Å². The molecule has 1 aromatic carbocycles.